The molecule has 0 saturated carbocycles. The molecule has 0 aromatic carbocycles. The van der Waals surface area contributed by atoms with Gasteiger partial charge >= 0.3 is 0 Å². The van der Waals surface area contributed by atoms with E-state index in [1.807, 2.05) is 0 Å². The minimum Gasteiger partial charge on any atom is -0.369 e. The highest BCUT2D eigenvalue weighted by Crippen LogP contribution is 2.13. The molecule has 8 heteroatoms. The van der Waals surface area contributed by atoms with E-state index in [9.17, 15) is 18.5 Å². The van der Waals surface area contributed by atoms with Crippen molar-refractivity contribution in [2.24, 2.45) is 0 Å². The van der Waals surface area contributed by atoms with Gasteiger partial charge in [-0.3, -0.25) is 10.1 Å². The van der Waals surface area contributed by atoms with Crippen LogP contribution in [0, 0.1) is 10.1 Å². The molecule has 1 aromatic heterocycles. The van der Waals surface area contributed by atoms with Crippen LogP contribution >= 0.6 is 0 Å². The van der Waals surface area contributed by atoms with Crippen LogP contribution < -0.4 is 5.32 Å². The van der Waals surface area contributed by atoms with E-state index in [1.165, 1.54) is 18.3 Å². The van der Waals surface area contributed by atoms with Crippen LogP contribution in [0.2, 0.25) is 0 Å². The van der Waals surface area contributed by atoms with Gasteiger partial charge in [-0.25, -0.2) is 13.4 Å². The normalized spacial score (nSPS) is 11.1. The highest BCUT2D eigenvalue weighted by Gasteiger charge is 2.07. The van der Waals surface area contributed by atoms with Crippen molar-refractivity contribution >= 4 is 21.3 Å². The maximum Gasteiger partial charge on any atom is 0.274 e. The predicted molar refractivity (Wildman–Crippen MR) is 59.1 cm³/mol. The summed E-state index contributed by atoms with van der Waals surface area (Å²) in [5.41, 5.74) is -0.0862. The lowest BCUT2D eigenvalue weighted by Gasteiger charge is -2.03. The van der Waals surface area contributed by atoms with Gasteiger partial charge in [-0.05, 0) is 0 Å². The summed E-state index contributed by atoms with van der Waals surface area (Å²) in [5, 5.41) is 13.1. The van der Waals surface area contributed by atoms with Crippen molar-refractivity contribution in [3.8, 4) is 0 Å². The number of aromatic nitrogens is 1. The zero-order chi connectivity index (χ0) is 12.2. The first-order chi connectivity index (χ1) is 7.38. The maximum absolute atomic E-state index is 10.8. The number of rotatable bonds is 5. The molecular formula is C8H11N3O4S. The highest BCUT2D eigenvalue weighted by atomic mass is 32.2. The Bertz CT molecular complexity index is 486. The van der Waals surface area contributed by atoms with E-state index in [0.717, 1.165) is 6.26 Å². The lowest BCUT2D eigenvalue weighted by atomic mass is 10.4. The molecule has 0 spiro atoms. The summed E-state index contributed by atoms with van der Waals surface area (Å²) < 4.78 is 21.7. The number of nitrogens with zero attached hydrogens (tertiary/aromatic N) is 2. The van der Waals surface area contributed by atoms with E-state index in [4.69, 9.17) is 0 Å². The minimum atomic E-state index is -3.04. The van der Waals surface area contributed by atoms with E-state index >= 15 is 0 Å². The topological polar surface area (TPSA) is 102 Å². The van der Waals surface area contributed by atoms with Gasteiger partial charge in [0.25, 0.3) is 5.69 Å². The van der Waals surface area contributed by atoms with Gasteiger partial charge in [-0.2, -0.15) is 0 Å². The second-order valence-corrected chi connectivity index (χ2v) is 5.47. The summed E-state index contributed by atoms with van der Waals surface area (Å²) >= 11 is 0. The number of sulfone groups is 1. The zero-order valence-electron chi connectivity index (χ0n) is 8.58. The number of hydrogen-bond donors (Lipinski definition) is 1. The summed E-state index contributed by atoms with van der Waals surface area (Å²) in [5.74, 6) is 0.245. The molecule has 1 aromatic rings. The molecule has 1 heterocycles. The van der Waals surface area contributed by atoms with E-state index < -0.39 is 14.8 Å². The van der Waals surface area contributed by atoms with Gasteiger partial charge < -0.3 is 5.32 Å². The van der Waals surface area contributed by atoms with Crippen molar-refractivity contribution in [1.82, 2.24) is 4.98 Å². The molecule has 0 unspecified atom stereocenters. The Morgan fingerprint density at radius 1 is 1.56 bits per heavy atom. The van der Waals surface area contributed by atoms with Gasteiger partial charge in [0.1, 0.15) is 15.7 Å². The lowest BCUT2D eigenvalue weighted by Crippen LogP contribution is -2.14. The molecule has 0 amide bonds. The van der Waals surface area contributed by atoms with Crippen LogP contribution in [0.1, 0.15) is 0 Å². The number of nitro groups is 1. The van der Waals surface area contributed by atoms with Crippen molar-refractivity contribution in [1.29, 1.82) is 0 Å². The maximum atomic E-state index is 10.8. The number of anilines is 1. The Morgan fingerprint density at radius 3 is 2.81 bits per heavy atom. The van der Waals surface area contributed by atoms with Crippen LogP contribution in [0.15, 0.2) is 18.3 Å². The largest absolute Gasteiger partial charge is 0.369 e. The number of nitrogens with one attached hydrogen (secondary N) is 1. The van der Waals surface area contributed by atoms with Crippen LogP contribution in [0.4, 0.5) is 11.5 Å². The third-order valence-corrected chi connectivity index (χ3v) is 2.68. The molecule has 0 aliphatic carbocycles. The Balaban J connectivity index is 2.61. The smallest absolute Gasteiger partial charge is 0.274 e. The Morgan fingerprint density at radius 2 is 2.25 bits per heavy atom. The minimum absolute atomic E-state index is 0.0443. The van der Waals surface area contributed by atoms with E-state index in [1.54, 1.807) is 0 Å². The second kappa shape index (κ2) is 4.88. The van der Waals surface area contributed by atoms with Gasteiger partial charge in [-0.1, -0.05) is 0 Å². The first-order valence-electron chi connectivity index (χ1n) is 4.40. The van der Waals surface area contributed by atoms with Gasteiger partial charge in [-0.15, -0.1) is 0 Å². The Hall–Kier alpha value is -1.70. The van der Waals surface area contributed by atoms with Crippen LogP contribution in [0.5, 0.6) is 0 Å². The molecule has 0 aliphatic rings. The highest BCUT2D eigenvalue weighted by molar-refractivity contribution is 7.90. The lowest BCUT2D eigenvalue weighted by molar-refractivity contribution is -0.384. The molecule has 0 aliphatic heterocycles. The average Bonchev–Trinajstić information content (AvgIpc) is 2.16. The van der Waals surface area contributed by atoms with E-state index in [0.29, 0.717) is 0 Å². The molecule has 0 bridgehead atoms. The van der Waals surface area contributed by atoms with Gasteiger partial charge in [0.2, 0.25) is 0 Å². The van der Waals surface area contributed by atoms with Crippen LogP contribution in [-0.4, -0.2) is 36.9 Å². The summed E-state index contributed by atoms with van der Waals surface area (Å²) in [4.78, 5) is 13.7. The molecule has 7 nitrogen and oxygen atoms in total. The Kier molecular flexibility index (Phi) is 3.78. The average molecular weight is 245 g/mol. The summed E-state index contributed by atoms with van der Waals surface area (Å²) in [6.45, 7) is 0.174. The van der Waals surface area contributed by atoms with Crippen molar-refractivity contribution < 1.29 is 13.3 Å². The van der Waals surface area contributed by atoms with Gasteiger partial charge in [0.15, 0.2) is 0 Å². The third kappa shape index (κ3) is 4.22. The Labute approximate surface area is 92.6 Å². The zero-order valence-corrected chi connectivity index (χ0v) is 9.40. The molecule has 0 radical (unpaired) electrons. The van der Waals surface area contributed by atoms with E-state index in [-0.39, 0.29) is 23.8 Å². The predicted octanol–water partition coefficient (Wildman–Crippen LogP) is 0.446. The summed E-state index contributed by atoms with van der Waals surface area (Å²) in [6, 6.07) is 2.52. The van der Waals surface area contributed by atoms with Gasteiger partial charge in [0.05, 0.1) is 16.7 Å². The summed E-state index contributed by atoms with van der Waals surface area (Å²) in [7, 11) is -3.04. The fraction of sp³-hybridized carbons (Fsp3) is 0.375. The fourth-order valence-electron chi connectivity index (χ4n) is 0.994. The molecule has 1 rings (SSSR count). The summed E-state index contributed by atoms with van der Waals surface area (Å²) in [6.07, 6.45) is 2.41. The second-order valence-electron chi connectivity index (χ2n) is 3.21. The van der Waals surface area contributed by atoms with Crippen molar-refractivity contribution in [2.45, 2.75) is 0 Å². The van der Waals surface area contributed by atoms with Gasteiger partial charge in [0, 0.05) is 25.1 Å². The number of pyridine rings is 1. The number of hydrogen-bond acceptors (Lipinski definition) is 6. The van der Waals surface area contributed by atoms with Crippen LogP contribution in [-0.2, 0) is 9.84 Å². The van der Waals surface area contributed by atoms with Crippen molar-refractivity contribution in [2.75, 3.05) is 23.9 Å². The SMILES string of the molecule is CS(=O)(=O)CCNc1cc([N+](=O)[O-])ccn1. The standard InChI is InChI=1S/C8H11N3O4S/c1-16(14,15)5-4-10-8-6-7(11(12)13)2-3-9-8/h2-3,6H,4-5H2,1H3,(H,9,10). The fourth-order valence-corrected chi connectivity index (χ4v) is 1.47. The molecule has 0 saturated heterocycles. The molecule has 0 fully saturated rings. The van der Waals surface area contributed by atoms with Crippen molar-refractivity contribution in [3.63, 3.8) is 0 Å². The molecule has 1 N–H and O–H groups in total. The van der Waals surface area contributed by atoms with Crippen LogP contribution in [0.3, 0.4) is 0 Å². The molecular weight excluding hydrogens is 234 g/mol. The quantitative estimate of drug-likeness (QED) is 0.596. The first kappa shape index (κ1) is 12.4. The third-order valence-electron chi connectivity index (χ3n) is 1.73. The van der Waals surface area contributed by atoms with E-state index in [2.05, 4.69) is 10.3 Å². The van der Waals surface area contributed by atoms with Crippen molar-refractivity contribution in [3.05, 3.63) is 28.4 Å². The molecule has 0 atom stereocenters. The monoisotopic (exact) mass is 245 g/mol. The molecule has 16 heavy (non-hydrogen) atoms. The first-order valence-corrected chi connectivity index (χ1v) is 6.46. The molecule has 88 valence electrons. The van der Waals surface area contributed by atoms with Crippen LogP contribution in [0.25, 0.3) is 0 Å².